The molecule has 0 atom stereocenters. The Bertz CT molecular complexity index is 456. The van der Waals surface area contributed by atoms with Crippen LogP contribution in [0.2, 0.25) is 0 Å². The largest absolute Gasteiger partial charge is 0.342 e. The summed E-state index contributed by atoms with van der Waals surface area (Å²) in [5.74, 6) is 1.31. The van der Waals surface area contributed by atoms with E-state index in [1.54, 1.807) is 0 Å². The third kappa shape index (κ3) is 3.52. The Balaban J connectivity index is 1.86. The predicted molar refractivity (Wildman–Crippen MR) is 79.3 cm³/mol. The lowest BCUT2D eigenvalue weighted by Crippen LogP contribution is -2.39. The maximum atomic E-state index is 12.2. The topological polar surface area (TPSA) is 77.0 Å². The maximum Gasteiger partial charge on any atom is 0.233 e. The van der Waals surface area contributed by atoms with E-state index >= 15 is 0 Å². The molecule has 0 radical (unpaired) electrons. The lowest BCUT2D eigenvalue weighted by atomic mass is 9.94. The summed E-state index contributed by atoms with van der Waals surface area (Å²) in [7, 11) is 3.79. The SMILES string of the molecule is CN(C(=O)CSc1nnc(CN)n1C)C1CCCCC1. The van der Waals surface area contributed by atoms with E-state index < -0.39 is 0 Å². The molecule has 1 amide bonds. The van der Waals surface area contributed by atoms with E-state index in [4.69, 9.17) is 5.73 Å². The molecule has 2 rings (SSSR count). The van der Waals surface area contributed by atoms with Gasteiger partial charge in [0.1, 0.15) is 5.82 Å². The Labute approximate surface area is 124 Å². The second-order valence-corrected chi connectivity index (χ2v) is 6.19. The van der Waals surface area contributed by atoms with E-state index in [1.807, 2.05) is 23.6 Å². The lowest BCUT2D eigenvalue weighted by Gasteiger charge is -2.31. The average Bonchev–Trinajstić information content (AvgIpc) is 2.85. The molecule has 1 aromatic heterocycles. The Morgan fingerprint density at radius 1 is 1.40 bits per heavy atom. The van der Waals surface area contributed by atoms with Crippen LogP contribution in [0.15, 0.2) is 5.16 Å². The molecule has 0 saturated heterocycles. The zero-order valence-corrected chi connectivity index (χ0v) is 13.0. The molecule has 7 heteroatoms. The molecular weight excluding hydrogens is 274 g/mol. The van der Waals surface area contributed by atoms with Crippen molar-refractivity contribution in [2.24, 2.45) is 12.8 Å². The van der Waals surface area contributed by atoms with Crippen LogP contribution in [0.4, 0.5) is 0 Å². The lowest BCUT2D eigenvalue weighted by molar-refractivity contribution is -0.129. The van der Waals surface area contributed by atoms with E-state index in [2.05, 4.69) is 10.2 Å². The monoisotopic (exact) mass is 297 g/mol. The number of hydrogen-bond donors (Lipinski definition) is 1. The number of thioether (sulfide) groups is 1. The second-order valence-electron chi connectivity index (χ2n) is 5.25. The van der Waals surface area contributed by atoms with Gasteiger partial charge in [0, 0.05) is 20.1 Å². The molecule has 1 aliphatic rings. The smallest absolute Gasteiger partial charge is 0.233 e. The van der Waals surface area contributed by atoms with Gasteiger partial charge < -0.3 is 15.2 Å². The molecule has 112 valence electrons. The summed E-state index contributed by atoms with van der Waals surface area (Å²) in [4.78, 5) is 14.1. The van der Waals surface area contributed by atoms with Gasteiger partial charge in [-0.25, -0.2) is 0 Å². The summed E-state index contributed by atoms with van der Waals surface area (Å²) in [5, 5.41) is 8.79. The van der Waals surface area contributed by atoms with Crippen LogP contribution in [-0.4, -0.2) is 44.4 Å². The highest BCUT2D eigenvalue weighted by atomic mass is 32.2. The van der Waals surface area contributed by atoms with Gasteiger partial charge in [0.05, 0.1) is 12.3 Å². The van der Waals surface area contributed by atoms with Crippen LogP contribution in [0.1, 0.15) is 37.9 Å². The van der Waals surface area contributed by atoms with Crippen molar-refractivity contribution in [1.29, 1.82) is 0 Å². The first-order chi connectivity index (χ1) is 9.63. The van der Waals surface area contributed by atoms with Crippen molar-refractivity contribution in [2.45, 2.75) is 49.8 Å². The molecule has 0 aromatic carbocycles. The molecule has 1 aliphatic carbocycles. The molecule has 6 nitrogen and oxygen atoms in total. The Hall–Kier alpha value is -1.08. The Kier molecular flexibility index (Phi) is 5.42. The molecule has 0 spiro atoms. The number of carbonyl (C=O) groups excluding carboxylic acids is 1. The fourth-order valence-electron chi connectivity index (χ4n) is 2.55. The molecule has 0 bridgehead atoms. The molecule has 1 heterocycles. The van der Waals surface area contributed by atoms with Crippen molar-refractivity contribution in [1.82, 2.24) is 19.7 Å². The molecule has 20 heavy (non-hydrogen) atoms. The first kappa shape index (κ1) is 15.3. The van der Waals surface area contributed by atoms with Gasteiger partial charge in [-0.15, -0.1) is 10.2 Å². The molecule has 1 aromatic rings. The fourth-order valence-corrected chi connectivity index (χ4v) is 3.40. The molecule has 0 unspecified atom stereocenters. The molecular formula is C13H23N5OS. The summed E-state index contributed by atoms with van der Waals surface area (Å²) >= 11 is 1.43. The number of nitrogens with two attached hydrogens (primary N) is 1. The van der Waals surface area contributed by atoms with Crippen molar-refractivity contribution in [3.8, 4) is 0 Å². The van der Waals surface area contributed by atoms with Crippen LogP contribution in [0.3, 0.4) is 0 Å². The molecule has 1 saturated carbocycles. The summed E-state index contributed by atoms with van der Waals surface area (Å²) in [5.41, 5.74) is 5.56. The van der Waals surface area contributed by atoms with Crippen LogP contribution in [0.25, 0.3) is 0 Å². The first-order valence-corrected chi connectivity index (χ1v) is 8.09. The number of hydrogen-bond acceptors (Lipinski definition) is 5. The van der Waals surface area contributed by atoms with Gasteiger partial charge in [-0.2, -0.15) is 0 Å². The summed E-state index contributed by atoms with van der Waals surface area (Å²) in [6.07, 6.45) is 6.04. The van der Waals surface area contributed by atoms with Gasteiger partial charge in [-0.1, -0.05) is 31.0 Å². The number of amides is 1. The highest BCUT2D eigenvalue weighted by Gasteiger charge is 2.22. The van der Waals surface area contributed by atoms with Crippen LogP contribution in [0.5, 0.6) is 0 Å². The average molecular weight is 297 g/mol. The number of carbonyl (C=O) groups is 1. The quantitative estimate of drug-likeness (QED) is 0.825. The Morgan fingerprint density at radius 2 is 2.10 bits per heavy atom. The van der Waals surface area contributed by atoms with Crippen LogP contribution in [0, 0.1) is 0 Å². The normalized spacial score (nSPS) is 16.4. The van der Waals surface area contributed by atoms with E-state index in [0.29, 0.717) is 18.3 Å². The molecule has 1 fully saturated rings. The third-order valence-corrected chi connectivity index (χ3v) is 4.95. The zero-order chi connectivity index (χ0) is 14.5. The minimum Gasteiger partial charge on any atom is -0.342 e. The van der Waals surface area contributed by atoms with Gasteiger partial charge in [0.25, 0.3) is 0 Å². The summed E-state index contributed by atoms with van der Waals surface area (Å²) < 4.78 is 1.85. The van der Waals surface area contributed by atoms with Crippen LogP contribution < -0.4 is 5.73 Å². The maximum absolute atomic E-state index is 12.2. The van der Waals surface area contributed by atoms with E-state index in [-0.39, 0.29) is 5.91 Å². The van der Waals surface area contributed by atoms with Gasteiger partial charge in [0.2, 0.25) is 5.91 Å². The van der Waals surface area contributed by atoms with E-state index in [9.17, 15) is 4.79 Å². The van der Waals surface area contributed by atoms with Crippen LogP contribution >= 0.6 is 11.8 Å². The second kappa shape index (κ2) is 7.08. The minimum absolute atomic E-state index is 0.166. The van der Waals surface area contributed by atoms with E-state index in [1.165, 1.54) is 31.0 Å². The van der Waals surface area contributed by atoms with Crippen molar-refractivity contribution < 1.29 is 4.79 Å². The fraction of sp³-hybridized carbons (Fsp3) is 0.769. The zero-order valence-electron chi connectivity index (χ0n) is 12.2. The number of rotatable bonds is 5. The van der Waals surface area contributed by atoms with Crippen molar-refractivity contribution >= 4 is 17.7 Å². The van der Waals surface area contributed by atoms with Crippen molar-refractivity contribution in [3.05, 3.63) is 5.82 Å². The predicted octanol–water partition coefficient (Wildman–Crippen LogP) is 1.16. The standard InChI is InChI=1S/C13H23N5OS/c1-17(10-6-4-3-5-7-10)12(19)9-20-13-16-15-11(8-14)18(13)2/h10H,3-9,14H2,1-2H3. The van der Waals surface area contributed by atoms with Gasteiger partial charge in [-0.05, 0) is 12.8 Å². The number of aromatic nitrogens is 3. The summed E-state index contributed by atoms with van der Waals surface area (Å²) in [6, 6.07) is 0.413. The van der Waals surface area contributed by atoms with Crippen LogP contribution in [-0.2, 0) is 18.4 Å². The Morgan fingerprint density at radius 3 is 2.70 bits per heavy atom. The summed E-state index contributed by atoms with van der Waals surface area (Å²) in [6.45, 7) is 0.361. The van der Waals surface area contributed by atoms with Gasteiger partial charge in [0.15, 0.2) is 5.16 Å². The highest BCUT2D eigenvalue weighted by molar-refractivity contribution is 7.99. The van der Waals surface area contributed by atoms with Crippen molar-refractivity contribution in [2.75, 3.05) is 12.8 Å². The van der Waals surface area contributed by atoms with Gasteiger partial charge >= 0.3 is 0 Å². The van der Waals surface area contributed by atoms with E-state index in [0.717, 1.165) is 23.8 Å². The minimum atomic E-state index is 0.166. The first-order valence-electron chi connectivity index (χ1n) is 7.10. The molecule has 0 aliphatic heterocycles. The third-order valence-electron chi connectivity index (χ3n) is 3.95. The highest BCUT2D eigenvalue weighted by Crippen LogP contribution is 2.23. The molecule has 2 N–H and O–H groups in total. The number of nitrogens with zero attached hydrogens (tertiary/aromatic N) is 4. The van der Waals surface area contributed by atoms with Gasteiger partial charge in [-0.3, -0.25) is 4.79 Å². The van der Waals surface area contributed by atoms with Crippen molar-refractivity contribution in [3.63, 3.8) is 0 Å².